The molecule has 2 heterocycles. The molecular formula is C45H66N2O2. The van der Waals surface area contributed by atoms with Crippen LogP contribution >= 0.6 is 0 Å². The Hall–Kier alpha value is -2.30. The van der Waals surface area contributed by atoms with Gasteiger partial charge in [0.2, 0.25) is 0 Å². The molecule has 0 spiro atoms. The third kappa shape index (κ3) is 9.94. The Labute approximate surface area is 299 Å². The van der Waals surface area contributed by atoms with Crippen LogP contribution in [0.2, 0.25) is 0 Å². The molecule has 0 aromatic heterocycles. The van der Waals surface area contributed by atoms with Crippen molar-refractivity contribution in [1.29, 1.82) is 0 Å². The molecule has 0 radical (unpaired) electrons. The Kier molecular flexibility index (Phi) is 13.1. The van der Waals surface area contributed by atoms with Gasteiger partial charge >= 0.3 is 0 Å². The summed E-state index contributed by atoms with van der Waals surface area (Å²) in [6, 6.07) is 18.3. The highest BCUT2D eigenvalue weighted by atomic mass is 16.5. The molecular weight excluding hydrogens is 601 g/mol. The highest BCUT2D eigenvalue weighted by Crippen LogP contribution is 2.58. The van der Waals surface area contributed by atoms with Gasteiger partial charge in [0.05, 0.1) is 13.2 Å². The molecule has 2 saturated heterocycles. The Morgan fingerprint density at radius 2 is 0.878 bits per heavy atom. The van der Waals surface area contributed by atoms with Crippen molar-refractivity contribution in [3.8, 4) is 11.5 Å². The second kappa shape index (κ2) is 18.3. The van der Waals surface area contributed by atoms with E-state index in [9.17, 15) is 0 Å². The maximum atomic E-state index is 6.26. The van der Waals surface area contributed by atoms with Crippen LogP contribution in [-0.4, -0.2) is 62.3 Å². The first-order valence-corrected chi connectivity index (χ1v) is 20.9. The maximum Gasteiger partial charge on any atom is 0.119 e. The summed E-state index contributed by atoms with van der Waals surface area (Å²) in [6.07, 6.45) is 25.7. The van der Waals surface area contributed by atoms with E-state index in [0.717, 1.165) is 61.2 Å². The predicted molar refractivity (Wildman–Crippen MR) is 204 cm³/mol. The molecule has 268 valence electrons. The van der Waals surface area contributed by atoms with Crippen LogP contribution in [0.3, 0.4) is 0 Å². The van der Waals surface area contributed by atoms with Gasteiger partial charge in [-0.05, 0) is 200 Å². The molecule has 6 aliphatic rings. The van der Waals surface area contributed by atoms with Gasteiger partial charge in [0.15, 0.2) is 0 Å². The van der Waals surface area contributed by atoms with Gasteiger partial charge in [-0.3, -0.25) is 0 Å². The molecule has 4 bridgehead atoms. The molecule has 4 heteroatoms. The van der Waals surface area contributed by atoms with Crippen molar-refractivity contribution < 1.29 is 9.47 Å². The van der Waals surface area contributed by atoms with Crippen molar-refractivity contribution in [3.05, 3.63) is 65.2 Å². The molecule has 49 heavy (non-hydrogen) atoms. The summed E-state index contributed by atoms with van der Waals surface area (Å²) in [7, 11) is 0. The second-order valence-corrected chi connectivity index (χ2v) is 16.5. The van der Waals surface area contributed by atoms with Crippen LogP contribution < -0.4 is 9.47 Å². The first kappa shape index (κ1) is 35.1. The fourth-order valence-electron chi connectivity index (χ4n) is 10.4. The largest absolute Gasteiger partial charge is 0.494 e. The van der Waals surface area contributed by atoms with Crippen molar-refractivity contribution >= 4 is 5.57 Å². The van der Waals surface area contributed by atoms with Crippen LogP contribution in [0.1, 0.15) is 133 Å². The summed E-state index contributed by atoms with van der Waals surface area (Å²) >= 11 is 0. The van der Waals surface area contributed by atoms with Gasteiger partial charge in [-0.2, -0.15) is 0 Å². The van der Waals surface area contributed by atoms with Crippen LogP contribution in [0.5, 0.6) is 11.5 Å². The van der Waals surface area contributed by atoms with E-state index < -0.39 is 0 Å². The molecule has 4 nitrogen and oxygen atoms in total. The average molecular weight is 667 g/mol. The van der Waals surface area contributed by atoms with E-state index in [-0.39, 0.29) is 0 Å². The predicted octanol–water partition coefficient (Wildman–Crippen LogP) is 10.8. The molecule has 2 aliphatic heterocycles. The summed E-state index contributed by atoms with van der Waals surface area (Å²) in [5, 5.41) is 0. The van der Waals surface area contributed by atoms with Crippen molar-refractivity contribution in [1.82, 2.24) is 9.80 Å². The zero-order chi connectivity index (χ0) is 33.1. The number of allylic oxidation sites excluding steroid dienone is 1. The van der Waals surface area contributed by atoms with E-state index in [2.05, 4.69) is 58.3 Å². The topological polar surface area (TPSA) is 24.9 Å². The standard InChI is InChI=1S/C45H66N2O2/c1-2-8-24-46(23-7-1)27-11-5-13-29-48-42-19-15-38(16-20-42)44(45-40-32-36-31-37(34-40)35-41(45)33-36)39-17-21-43(22-18-39)49-30-14-6-12-28-47-25-9-3-4-10-26-47/h15-22,36-37,40-41H,1-14,23-35H2. The van der Waals surface area contributed by atoms with E-state index >= 15 is 0 Å². The van der Waals surface area contributed by atoms with Crippen LogP contribution in [-0.2, 0) is 0 Å². The van der Waals surface area contributed by atoms with Gasteiger partial charge in [0.1, 0.15) is 11.5 Å². The quantitative estimate of drug-likeness (QED) is 0.167. The molecule has 4 aliphatic carbocycles. The van der Waals surface area contributed by atoms with Crippen LogP contribution in [0.4, 0.5) is 0 Å². The summed E-state index contributed by atoms with van der Waals surface area (Å²) in [4.78, 5) is 5.37. The van der Waals surface area contributed by atoms with E-state index in [1.807, 2.05) is 0 Å². The summed E-state index contributed by atoms with van der Waals surface area (Å²) in [5.41, 5.74) is 6.01. The lowest BCUT2D eigenvalue weighted by Gasteiger charge is -2.52. The molecule has 0 amide bonds. The van der Waals surface area contributed by atoms with Crippen molar-refractivity contribution in [2.24, 2.45) is 23.7 Å². The molecule has 0 unspecified atom stereocenters. The lowest BCUT2D eigenvalue weighted by atomic mass is 9.53. The number of hydrogen-bond donors (Lipinski definition) is 0. The lowest BCUT2D eigenvalue weighted by molar-refractivity contribution is 0.0705. The minimum Gasteiger partial charge on any atom is -0.494 e. The monoisotopic (exact) mass is 667 g/mol. The fourth-order valence-corrected chi connectivity index (χ4v) is 10.4. The lowest BCUT2D eigenvalue weighted by Crippen LogP contribution is -2.40. The number of nitrogens with zero attached hydrogens (tertiary/aromatic N) is 2. The normalized spacial score (nSPS) is 26.0. The Morgan fingerprint density at radius 1 is 0.469 bits per heavy atom. The maximum absolute atomic E-state index is 6.26. The number of benzene rings is 2. The van der Waals surface area contributed by atoms with Gasteiger partial charge < -0.3 is 19.3 Å². The zero-order valence-corrected chi connectivity index (χ0v) is 30.7. The molecule has 2 aromatic rings. The van der Waals surface area contributed by atoms with Crippen LogP contribution in [0.25, 0.3) is 5.57 Å². The van der Waals surface area contributed by atoms with Gasteiger partial charge in [-0.15, -0.1) is 0 Å². The Balaban J connectivity index is 0.933. The highest BCUT2D eigenvalue weighted by molar-refractivity contribution is 5.83. The number of ether oxygens (including phenoxy) is 2. The van der Waals surface area contributed by atoms with Gasteiger partial charge in [0.25, 0.3) is 0 Å². The zero-order valence-electron chi connectivity index (χ0n) is 30.7. The summed E-state index contributed by atoms with van der Waals surface area (Å²) in [5.74, 6) is 5.49. The van der Waals surface area contributed by atoms with E-state index in [4.69, 9.17) is 9.47 Å². The van der Waals surface area contributed by atoms with Crippen molar-refractivity contribution in [2.45, 2.75) is 122 Å². The minimum atomic E-state index is 0.765. The third-order valence-corrected chi connectivity index (χ3v) is 12.8. The smallest absolute Gasteiger partial charge is 0.119 e. The van der Waals surface area contributed by atoms with E-state index in [1.165, 1.54) is 165 Å². The molecule has 0 atom stereocenters. The highest BCUT2D eigenvalue weighted by Gasteiger charge is 2.46. The average Bonchev–Trinajstić information content (AvgIpc) is 3.55. The third-order valence-electron chi connectivity index (χ3n) is 12.8. The fraction of sp³-hybridized carbons (Fsp3) is 0.689. The van der Waals surface area contributed by atoms with Gasteiger partial charge in [0, 0.05) is 0 Å². The number of rotatable bonds is 16. The van der Waals surface area contributed by atoms with Gasteiger partial charge in [-0.25, -0.2) is 0 Å². The van der Waals surface area contributed by atoms with Crippen LogP contribution in [0, 0.1) is 23.7 Å². The molecule has 0 N–H and O–H groups in total. The van der Waals surface area contributed by atoms with E-state index in [1.54, 1.807) is 5.57 Å². The summed E-state index contributed by atoms with van der Waals surface area (Å²) in [6.45, 7) is 9.40. The van der Waals surface area contributed by atoms with Crippen molar-refractivity contribution in [2.75, 3.05) is 52.5 Å². The number of likely N-dealkylation sites (tertiary alicyclic amines) is 2. The Bertz CT molecular complexity index is 1180. The van der Waals surface area contributed by atoms with E-state index in [0.29, 0.717) is 0 Å². The molecule has 8 rings (SSSR count). The molecule has 4 saturated carbocycles. The number of hydrogen-bond acceptors (Lipinski definition) is 4. The first-order valence-electron chi connectivity index (χ1n) is 20.9. The Morgan fingerprint density at radius 3 is 1.29 bits per heavy atom. The SMILES string of the molecule is c1cc(C(=C2C3CC4CC(C3)CC2C4)c2ccc(OCCCCCN3CCCCCC3)cc2)ccc1OCCCCCN1CCCCCC1. The molecule has 6 fully saturated rings. The summed E-state index contributed by atoms with van der Waals surface area (Å²) < 4.78 is 12.5. The minimum absolute atomic E-state index is 0.765. The first-order chi connectivity index (χ1) is 24.3. The van der Waals surface area contributed by atoms with Crippen LogP contribution in [0.15, 0.2) is 54.1 Å². The molecule has 2 aromatic carbocycles. The number of unbranched alkanes of at least 4 members (excludes halogenated alkanes) is 4. The van der Waals surface area contributed by atoms with Gasteiger partial charge in [-0.1, -0.05) is 55.5 Å². The second-order valence-electron chi connectivity index (χ2n) is 16.5. The van der Waals surface area contributed by atoms with Crippen molar-refractivity contribution in [3.63, 3.8) is 0 Å².